The van der Waals surface area contributed by atoms with Gasteiger partial charge < -0.3 is 5.11 Å². The third kappa shape index (κ3) is 2.50. The Balaban J connectivity index is 3.25. The second-order valence-electron chi connectivity index (χ2n) is 2.76. The predicted octanol–water partition coefficient (Wildman–Crippen LogP) is 3.48. The van der Waals surface area contributed by atoms with Crippen LogP contribution in [-0.4, -0.2) is 11.1 Å². The monoisotopic (exact) mass is 230 g/mol. The van der Waals surface area contributed by atoms with Gasteiger partial charge in [0, 0.05) is 21.7 Å². The standard InChI is InChI=1S/C10H8Cl2O2/c1-6(5-9(13)14)10-7(11)3-2-4-8(10)12/h2-5H,1H3,(H,13,14)/b6-5+. The normalized spacial score (nSPS) is 11.5. The van der Waals surface area contributed by atoms with Crippen LogP contribution in [0.4, 0.5) is 0 Å². The molecule has 14 heavy (non-hydrogen) atoms. The first-order chi connectivity index (χ1) is 6.52. The van der Waals surface area contributed by atoms with Gasteiger partial charge in [-0.1, -0.05) is 29.3 Å². The van der Waals surface area contributed by atoms with E-state index in [9.17, 15) is 4.79 Å². The molecule has 0 unspecified atom stereocenters. The Hall–Kier alpha value is -0.990. The molecule has 4 heteroatoms. The van der Waals surface area contributed by atoms with Gasteiger partial charge in [0.1, 0.15) is 0 Å². The van der Waals surface area contributed by atoms with Crippen LogP contribution in [0.5, 0.6) is 0 Å². The summed E-state index contributed by atoms with van der Waals surface area (Å²) in [5.41, 5.74) is 1.10. The van der Waals surface area contributed by atoms with E-state index in [1.165, 1.54) is 0 Å². The number of hydrogen-bond acceptors (Lipinski definition) is 1. The van der Waals surface area contributed by atoms with Crippen molar-refractivity contribution in [2.45, 2.75) is 6.92 Å². The van der Waals surface area contributed by atoms with Crippen LogP contribution >= 0.6 is 23.2 Å². The van der Waals surface area contributed by atoms with Crippen LogP contribution in [0.15, 0.2) is 24.3 Å². The molecule has 0 bridgehead atoms. The summed E-state index contributed by atoms with van der Waals surface area (Å²) >= 11 is 11.8. The number of hydrogen-bond donors (Lipinski definition) is 1. The Morgan fingerprint density at radius 1 is 1.36 bits per heavy atom. The maximum Gasteiger partial charge on any atom is 0.328 e. The second kappa shape index (κ2) is 4.49. The molecule has 0 aromatic heterocycles. The quantitative estimate of drug-likeness (QED) is 0.791. The van der Waals surface area contributed by atoms with Crippen LogP contribution in [0.2, 0.25) is 10.0 Å². The van der Waals surface area contributed by atoms with Crippen molar-refractivity contribution in [3.8, 4) is 0 Å². The van der Waals surface area contributed by atoms with Gasteiger partial charge >= 0.3 is 5.97 Å². The maximum absolute atomic E-state index is 10.4. The van der Waals surface area contributed by atoms with E-state index < -0.39 is 5.97 Å². The first-order valence-electron chi connectivity index (χ1n) is 3.88. The summed E-state index contributed by atoms with van der Waals surface area (Å²) in [6.45, 7) is 1.65. The molecule has 1 rings (SSSR count). The second-order valence-corrected chi connectivity index (χ2v) is 3.58. The van der Waals surface area contributed by atoms with Crippen LogP contribution in [0.25, 0.3) is 5.57 Å². The molecule has 2 nitrogen and oxygen atoms in total. The van der Waals surface area contributed by atoms with Crippen molar-refractivity contribution >= 4 is 34.7 Å². The Morgan fingerprint density at radius 3 is 2.29 bits per heavy atom. The molecule has 0 spiro atoms. The minimum Gasteiger partial charge on any atom is -0.478 e. The number of carboxylic acids is 1. The summed E-state index contributed by atoms with van der Waals surface area (Å²) < 4.78 is 0. The molecule has 1 N–H and O–H groups in total. The smallest absolute Gasteiger partial charge is 0.328 e. The Morgan fingerprint density at radius 2 is 1.86 bits per heavy atom. The van der Waals surface area contributed by atoms with Gasteiger partial charge in [-0.05, 0) is 24.6 Å². The highest BCUT2D eigenvalue weighted by molar-refractivity contribution is 6.37. The van der Waals surface area contributed by atoms with Gasteiger partial charge in [-0.2, -0.15) is 0 Å². The topological polar surface area (TPSA) is 37.3 Å². The number of rotatable bonds is 2. The van der Waals surface area contributed by atoms with Crippen LogP contribution in [0, 0.1) is 0 Å². The van der Waals surface area contributed by atoms with Crippen molar-refractivity contribution in [2.24, 2.45) is 0 Å². The number of carboxylic acid groups (broad SMARTS) is 1. The highest BCUT2D eigenvalue weighted by atomic mass is 35.5. The third-order valence-electron chi connectivity index (χ3n) is 1.70. The summed E-state index contributed by atoms with van der Waals surface area (Å²) in [5, 5.41) is 9.47. The molecular weight excluding hydrogens is 223 g/mol. The lowest BCUT2D eigenvalue weighted by Crippen LogP contribution is -1.91. The number of halogens is 2. The number of aliphatic carboxylic acids is 1. The number of allylic oxidation sites excluding steroid dienone is 1. The van der Waals surface area contributed by atoms with E-state index in [-0.39, 0.29) is 0 Å². The van der Waals surface area contributed by atoms with Gasteiger partial charge in [-0.3, -0.25) is 0 Å². The van der Waals surface area contributed by atoms with Gasteiger partial charge in [0.2, 0.25) is 0 Å². The first kappa shape index (κ1) is 11.1. The van der Waals surface area contributed by atoms with Crippen molar-refractivity contribution in [1.29, 1.82) is 0 Å². The van der Waals surface area contributed by atoms with E-state index in [4.69, 9.17) is 28.3 Å². The van der Waals surface area contributed by atoms with Crippen LogP contribution in [0.3, 0.4) is 0 Å². The van der Waals surface area contributed by atoms with Gasteiger partial charge in [0.05, 0.1) is 0 Å². The summed E-state index contributed by atoms with van der Waals surface area (Å²) in [6, 6.07) is 5.05. The zero-order chi connectivity index (χ0) is 10.7. The van der Waals surface area contributed by atoms with Crippen molar-refractivity contribution < 1.29 is 9.90 Å². The molecule has 0 saturated heterocycles. The zero-order valence-corrected chi connectivity index (χ0v) is 8.93. The minimum absolute atomic E-state index is 0.451. The zero-order valence-electron chi connectivity index (χ0n) is 7.42. The van der Waals surface area contributed by atoms with Gasteiger partial charge in [0.25, 0.3) is 0 Å². The SMILES string of the molecule is C/C(=C\C(=O)O)c1c(Cl)cccc1Cl. The lowest BCUT2D eigenvalue weighted by molar-refractivity contribution is -0.131. The van der Waals surface area contributed by atoms with Crippen LogP contribution in [-0.2, 0) is 4.79 Å². The fourth-order valence-electron chi connectivity index (χ4n) is 1.13. The van der Waals surface area contributed by atoms with Crippen LogP contribution in [0.1, 0.15) is 12.5 Å². The molecular formula is C10H8Cl2O2. The molecule has 0 aliphatic rings. The van der Waals surface area contributed by atoms with Crippen molar-refractivity contribution in [2.75, 3.05) is 0 Å². The summed E-state index contributed by atoms with van der Waals surface area (Å²) in [7, 11) is 0. The maximum atomic E-state index is 10.4. The number of benzene rings is 1. The first-order valence-corrected chi connectivity index (χ1v) is 4.63. The molecule has 1 aromatic rings. The fraction of sp³-hybridized carbons (Fsp3) is 0.100. The van der Waals surface area contributed by atoms with E-state index in [0.717, 1.165) is 6.08 Å². The van der Waals surface area contributed by atoms with Crippen molar-refractivity contribution in [1.82, 2.24) is 0 Å². The van der Waals surface area contributed by atoms with Crippen molar-refractivity contribution in [3.63, 3.8) is 0 Å². The predicted molar refractivity (Wildman–Crippen MR) is 57.7 cm³/mol. The molecule has 0 atom stereocenters. The summed E-state index contributed by atoms with van der Waals surface area (Å²) in [6.07, 6.45) is 1.08. The molecule has 0 aliphatic carbocycles. The molecule has 74 valence electrons. The van der Waals surface area contributed by atoms with E-state index in [2.05, 4.69) is 0 Å². The average Bonchev–Trinajstić information content (AvgIpc) is 2.01. The lowest BCUT2D eigenvalue weighted by atomic mass is 10.1. The van der Waals surface area contributed by atoms with E-state index >= 15 is 0 Å². The van der Waals surface area contributed by atoms with Gasteiger partial charge in [0.15, 0.2) is 0 Å². The van der Waals surface area contributed by atoms with E-state index in [0.29, 0.717) is 21.2 Å². The molecule has 0 radical (unpaired) electrons. The molecule has 0 saturated carbocycles. The summed E-state index contributed by atoms with van der Waals surface area (Å²) in [5.74, 6) is -1.02. The molecule has 0 fully saturated rings. The highest BCUT2D eigenvalue weighted by Crippen LogP contribution is 2.30. The molecule has 0 amide bonds. The Kier molecular flexibility index (Phi) is 3.55. The van der Waals surface area contributed by atoms with Gasteiger partial charge in [-0.15, -0.1) is 0 Å². The number of carbonyl (C=O) groups is 1. The van der Waals surface area contributed by atoms with Gasteiger partial charge in [-0.25, -0.2) is 4.79 Å². The minimum atomic E-state index is -1.02. The van der Waals surface area contributed by atoms with Crippen molar-refractivity contribution in [3.05, 3.63) is 39.9 Å². The lowest BCUT2D eigenvalue weighted by Gasteiger charge is -2.05. The highest BCUT2D eigenvalue weighted by Gasteiger charge is 2.07. The molecule has 1 aromatic carbocycles. The molecule has 0 heterocycles. The Bertz CT molecular complexity index is 377. The summed E-state index contributed by atoms with van der Waals surface area (Å²) in [4.78, 5) is 10.4. The fourth-order valence-corrected chi connectivity index (χ4v) is 1.83. The third-order valence-corrected chi connectivity index (χ3v) is 2.33. The van der Waals surface area contributed by atoms with Crippen LogP contribution < -0.4 is 0 Å². The largest absolute Gasteiger partial charge is 0.478 e. The average molecular weight is 231 g/mol. The Labute approximate surface area is 91.8 Å². The van der Waals surface area contributed by atoms with E-state index in [1.807, 2.05) is 0 Å². The van der Waals surface area contributed by atoms with E-state index in [1.54, 1.807) is 25.1 Å². The molecule has 0 aliphatic heterocycles.